The van der Waals surface area contributed by atoms with Crippen molar-refractivity contribution in [3.05, 3.63) is 81.1 Å². The Morgan fingerprint density at radius 1 is 1.00 bits per heavy atom. The summed E-state index contributed by atoms with van der Waals surface area (Å²) in [6.45, 7) is 1.85. The number of halogens is 1. The minimum absolute atomic E-state index is 0.357. The fourth-order valence-corrected chi connectivity index (χ4v) is 3.28. The zero-order valence-corrected chi connectivity index (χ0v) is 16.4. The van der Waals surface area contributed by atoms with Gasteiger partial charge in [0.05, 0.1) is 35.0 Å². The summed E-state index contributed by atoms with van der Waals surface area (Å²) in [4.78, 5) is 8.83. The fourth-order valence-electron chi connectivity index (χ4n) is 2.67. The van der Waals surface area contributed by atoms with Crippen molar-refractivity contribution < 1.29 is 0 Å². The third kappa shape index (κ3) is 3.99. The van der Waals surface area contributed by atoms with Gasteiger partial charge in [0.1, 0.15) is 5.92 Å². The van der Waals surface area contributed by atoms with E-state index in [0.717, 1.165) is 16.8 Å². The highest BCUT2D eigenvalue weighted by molar-refractivity contribution is 9.10. The van der Waals surface area contributed by atoms with Crippen molar-refractivity contribution in [2.45, 2.75) is 12.8 Å². The van der Waals surface area contributed by atoms with E-state index in [4.69, 9.17) is 10.5 Å². The molecule has 1 atom stereocenters. The zero-order valence-electron chi connectivity index (χ0n) is 14.8. The second-order valence-corrected chi connectivity index (χ2v) is 6.84. The van der Waals surface area contributed by atoms with Gasteiger partial charge in [0.2, 0.25) is 5.95 Å². The summed E-state index contributed by atoms with van der Waals surface area (Å²) < 4.78 is 0.678. The summed E-state index contributed by atoms with van der Waals surface area (Å²) >= 11 is 3.45. The van der Waals surface area contributed by atoms with Crippen LogP contribution >= 0.6 is 15.9 Å². The van der Waals surface area contributed by atoms with E-state index in [1.807, 2.05) is 6.92 Å². The molecule has 0 bridgehead atoms. The lowest BCUT2D eigenvalue weighted by Gasteiger charge is -2.15. The van der Waals surface area contributed by atoms with Gasteiger partial charge >= 0.3 is 0 Å². The SMILES string of the molecule is Cc1cnc(Nc2ccc(C#N)cc2)nc1C(C#N)c1ccc(C#N)cc1Br. The standard InChI is InChI=1S/C21H13BrN6/c1-13-12-26-21(27-16-5-2-14(9-23)3-6-16)28-20(13)18(11-25)17-7-4-15(10-24)8-19(17)22/h2-8,12,18H,1H3,(H,26,27,28). The van der Waals surface area contributed by atoms with Crippen LogP contribution in [0.15, 0.2) is 53.1 Å². The average molecular weight is 429 g/mol. The lowest BCUT2D eigenvalue weighted by Crippen LogP contribution is -2.08. The highest BCUT2D eigenvalue weighted by Gasteiger charge is 2.21. The third-order valence-corrected chi connectivity index (χ3v) is 4.81. The number of benzene rings is 2. The molecule has 28 heavy (non-hydrogen) atoms. The van der Waals surface area contributed by atoms with E-state index in [1.165, 1.54) is 0 Å². The fraction of sp³-hybridized carbons (Fsp3) is 0.0952. The Morgan fingerprint density at radius 3 is 2.29 bits per heavy atom. The van der Waals surface area contributed by atoms with Crippen LogP contribution in [-0.2, 0) is 0 Å². The maximum Gasteiger partial charge on any atom is 0.227 e. The minimum Gasteiger partial charge on any atom is -0.324 e. The number of nitrogens with one attached hydrogen (secondary N) is 1. The van der Waals surface area contributed by atoms with Gasteiger partial charge in [-0.25, -0.2) is 9.97 Å². The number of hydrogen-bond acceptors (Lipinski definition) is 6. The molecule has 1 unspecified atom stereocenters. The molecule has 6 nitrogen and oxygen atoms in total. The number of nitrogens with zero attached hydrogens (tertiary/aromatic N) is 5. The smallest absolute Gasteiger partial charge is 0.227 e. The first-order chi connectivity index (χ1) is 13.5. The van der Waals surface area contributed by atoms with Gasteiger partial charge in [-0.15, -0.1) is 0 Å². The molecule has 0 amide bonds. The van der Waals surface area contributed by atoms with Crippen molar-refractivity contribution >= 4 is 27.6 Å². The van der Waals surface area contributed by atoms with Crippen molar-refractivity contribution in [1.82, 2.24) is 9.97 Å². The van der Waals surface area contributed by atoms with Crippen molar-refractivity contribution in [2.75, 3.05) is 5.32 Å². The molecule has 0 saturated heterocycles. The lowest BCUT2D eigenvalue weighted by atomic mass is 9.94. The molecule has 0 aliphatic heterocycles. The molecule has 1 N–H and O–H groups in total. The Labute approximate surface area is 170 Å². The number of aryl methyl sites for hydroxylation is 1. The van der Waals surface area contributed by atoms with Crippen LogP contribution in [0.2, 0.25) is 0 Å². The molecule has 0 spiro atoms. The Hall–Kier alpha value is -3.73. The van der Waals surface area contributed by atoms with Gasteiger partial charge in [-0.2, -0.15) is 15.8 Å². The maximum absolute atomic E-state index is 9.80. The molecule has 1 heterocycles. The van der Waals surface area contributed by atoms with Crippen LogP contribution in [0.25, 0.3) is 0 Å². The number of anilines is 2. The summed E-state index contributed by atoms with van der Waals surface area (Å²) in [7, 11) is 0. The van der Waals surface area contributed by atoms with Gasteiger partial charge in [0.25, 0.3) is 0 Å². The Balaban J connectivity index is 1.96. The highest BCUT2D eigenvalue weighted by atomic mass is 79.9. The predicted octanol–water partition coefficient (Wildman–Crippen LogP) is 4.69. The molecule has 134 valence electrons. The van der Waals surface area contributed by atoms with E-state index < -0.39 is 5.92 Å². The first-order valence-corrected chi connectivity index (χ1v) is 9.05. The van der Waals surface area contributed by atoms with Crippen LogP contribution in [-0.4, -0.2) is 9.97 Å². The third-order valence-electron chi connectivity index (χ3n) is 4.12. The van der Waals surface area contributed by atoms with E-state index in [1.54, 1.807) is 48.7 Å². The molecule has 0 saturated carbocycles. The lowest BCUT2D eigenvalue weighted by molar-refractivity contribution is 0.922. The van der Waals surface area contributed by atoms with E-state index in [9.17, 15) is 5.26 Å². The molecular formula is C21H13BrN6. The van der Waals surface area contributed by atoms with Crippen LogP contribution in [0.3, 0.4) is 0 Å². The Kier molecular flexibility index (Phi) is 5.65. The van der Waals surface area contributed by atoms with Crippen LogP contribution < -0.4 is 5.32 Å². The Morgan fingerprint density at radius 2 is 1.68 bits per heavy atom. The van der Waals surface area contributed by atoms with Gasteiger partial charge in [0.15, 0.2) is 0 Å². The number of rotatable bonds is 4. The van der Waals surface area contributed by atoms with Crippen LogP contribution in [0.4, 0.5) is 11.6 Å². The van der Waals surface area contributed by atoms with E-state index in [2.05, 4.69) is 49.4 Å². The molecular weight excluding hydrogens is 416 g/mol. The number of hydrogen-bond donors (Lipinski definition) is 1. The summed E-state index contributed by atoms with van der Waals surface area (Å²) in [5.74, 6) is -0.262. The second kappa shape index (κ2) is 8.31. The van der Waals surface area contributed by atoms with Crippen LogP contribution in [0.5, 0.6) is 0 Å². The van der Waals surface area contributed by atoms with Crippen molar-refractivity contribution in [2.24, 2.45) is 0 Å². The normalized spacial score (nSPS) is 11.0. The zero-order chi connectivity index (χ0) is 20.1. The molecule has 1 aromatic heterocycles. The van der Waals surface area contributed by atoms with Crippen LogP contribution in [0.1, 0.15) is 33.9 Å². The molecule has 3 rings (SSSR count). The van der Waals surface area contributed by atoms with Gasteiger partial charge in [-0.1, -0.05) is 22.0 Å². The van der Waals surface area contributed by atoms with Gasteiger partial charge in [-0.05, 0) is 54.4 Å². The summed E-state index contributed by atoms with van der Waals surface area (Å²) in [6.07, 6.45) is 1.66. The minimum atomic E-state index is -0.619. The molecule has 0 aliphatic rings. The maximum atomic E-state index is 9.80. The van der Waals surface area contributed by atoms with Crippen LogP contribution in [0, 0.1) is 40.9 Å². The quantitative estimate of drug-likeness (QED) is 0.645. The van der Waals surface area contributed by atoms with E-state index >= 15 is 0 Å². The number of nitriles is 3. The molecule has 2 aromatic carbocycles. The molecule has 0 radical (unpaired) electrons. The predicted molar refractivity (Wildman–Crippen MR) is 108 cm³/mol. The van der Waals surface area contributed by atoms with Gasteiger partial charge in [-0.3, -0.25) is 0 Å². The molecule has 3 aromatic rings. The van der Waals surface area contributed by atoms with Gasteiger partial charge < -0.3 is 5.32 Å². The van der Waals surface area contributed by atoms with Crippen molar-refractivity contribution in [3.8, 4) is 18.2 Å². The topological polar surface area (TPSA) is 109 Å². The number of aromatic nitrogens is 2. The molecule has 0 aliphatic carbocycles. The first-order valence-electron chi connectivity index (χ1n) is 8.25. The van der Waals surface area contributed by atoms with Crippen molar-refractivity contribution in [3.63, 3.8) is 0 Å². The average Bonchev–Trinajstić information content (AvgIpc) is 2.72. The largest absolute Gasteiger partial charge is 0.324 e. The Bertz CT molecular complexity index is 1150. The molecule has 7 heteroatoms. The first kappa shape index (κ1) is 19.0. The molecule has 0 fully saturated rings. The van der Waals surface area contributed by atoms with E-state index in [0.29, 0.717) is 27.2 Å². The summed E-state index contributed by atoms with van der Waals surface area (Å²) in [5, 5.41) is 30.8. The van der Waals surface area contributed by atoms with E-state index in [-0.39, 0.29) is 0 Å². The second-order valence-electron chi connectivity index (χ2n) is 5.99. The van der Waals surface area contributed by atoms with Gasteiger partial charge in [0, 0.05) is 16.4 Å². The van der Waals surface area contributed by atoms with Crippen molar-refractivity contribution in [1.29, 1.82) is 15.8 Å². The highest BCUT2D eigenvalue weighted by Crippen LogP contribution is 2.32. The summed E-state index contributed by atoms with van der Waals surface area (Å²) in [5.41, 5.74) is 3.91. The summed E-state index contributed by atoms with van der Waals surface area (Å²) in [6, 6.07) is 18.5. The monoisotopic (exact) mass is 428 g/mol.